The van der Waals surface area contributed by atoms with Gasteiger partial charge in [-0.1, -0.05) is 31.0 Å². The smallest absolute Gasteiger partial charge is 0.0494 e. The average molecular weight is 252 g/mol. The third-order valence-electron chi connectivity index (χ3n) is 3.43. The zero-order valence-electron chi connectivity index (χ0n) is 10.9. The van der Waals surface area contributed by atoms with Crippen LogP contribution in [-0.4, -0.2) is 12.6 Å². The number of hydrogen-bond donors (Lipinski definition) is 0. The molecule has 1 aliphatic carbocycles. The van der Waals surface area contributed by atoms with Gasteiger partial charge in [0, 0.05) is 24.2 Å². The standard InChI is InChI=1S/C15H22ClN/c1-3-4-9-17(14-6-7-14)15-8-5-12(2)10-13(15)11-16/h5,8,10,14H,3-4,6-7,9,11H2,1-2H3. The van der Waals surface area contributed by atoms with Crippen molar-refractivity contribution in [2.75, 3.05) is 11.4 Å². The van der Waals surface area contributed by atoms with Crippen LogP contribution >= 0.6 is 11.6 Å². The highest BCUT2D eigenvalue weighted by atomic mass is 35.5. The van der Waals surface area contributed by atoms with Gasteiger partial charge in [-0.25, -0.2) is 0 Å². The number of benzene rings is 1. The summed E-state index contributed by atoms with van der Waals surface area (Å²) in [4.78, 5) is 2.57. The topological polar surface area (TPSA) is 3.24 Å². The van der Waals surface area contributed by atoms with Crippen molar-refractivity contribution in [1.29, 1.82) is 0 Å². The number of rotatable bonds is 6. The first kappa shape index (κ1) is 12.8. The number of nitrogens with zero attached hydrogens (tertiary/aromatic N) is 1. The molecule has 2 rings (SSSR count). The van der Waals surface area contributed by atoms with Crippen LogP contribution in [0.15, 0.2) is 18.2 Å². The first-order chi connectivity index (χ1) is 8.26. The summed E-state index contributed by atoms with van der Waals surface area (Å²) < 4.78 is 0. The van der Waals surface area contributed by atoms with Crippen LogP contribution in [0.3, 0.4) is 0 Å². The van der Waals surface area contributed by atoms with Gasteiger partial charge in [-0.05, 0) is 37.8 Å². The van der Waals surface area contributed by atoms with E-state index >= 15 is 0 Å². The molecule has 0 saturated heterocycles. The summed E-state index contributed by atoms with van der Waals surface area (Å²) in [6.07, 6.45) is 5.22. The van der Waals surface area contributed by atoms with Gasteiger partial charge < -0.3 is 4.90 Å². The van der Waals surface area contributed by atoms with Crippen molar-refractivity contribution in [3.63, 3.8) is 0 Å². The Morgan fingerprint density at radius 3 is 2.71 bits per heavy atom. The quantitative estimate of drug-likeness (QED) is 0.673. The Bertz CT molecular complexity index is 371. The maximum Gasteiger partial charge on any atom is 0.0494 e. The molecule has 0 N–H and O–H groups in total. The van der Waals surface area contributed by atoms with Gasteiger partial charge >= 0.3 is 0 Å². The van der Waals surface area contributed by atoms with Gasteiger partial charge in [0.1, 0.15) is 0 Å². The van der Waals surface area contributed by atoms with Crippen molar-refractivity contribution in [3.8, 4) is 0 Å². The molecule has 1 fully saturated rings. The number of alkyl halides is 1. The number of halogens is 1. The largest absolute Gasteiger partial charge is 0.368 e. The van der Waals surface area contributed by atoms with E-state index in [-0.39, 0.29) is 0 Å². The molecule has 0 unspecified atom stereocenters. The molecule has 1 aromatic rings. The molecule has 0 aromatic heterocycles. The summed E-state index contributed by atoms with van der Waals surface area (Å²) in [7, 11) is 0. The van der Waals surface area contributed by atoms with E-state index in [9.17, 15) is 0 Å². The van der Waals surface area contributed by atoms with E-state index < -0.39 is 0 Å². The first-order valence-electron chi connectivity index (χ1n) is 6.68. The molecule has 0 heterocycles. The van der Waals surface area contributed by atoms with Gasteiger partial charge in [-0.2, -0.15) is 0 Å². The molecule has 0 aliphatic heterocycles. The van der Waals surface area contributed by atoms with E-state index in [1.165, 1.54) is 49.0 Å². The lowest BCUT2D eigenvalue weighted by atomic mass is 10.1. The van der Waals surface area contributed by atoms with Crippen LogP contribution in [0.1, 0.15) is 43.7 Å². The third kappa shape index (κ3) is 3.16. The monoisotopic (exact) mass is 251 g/mol. The molecule has 0 amide bonds. The molecule has 0 spiro atoms. The van der Waals surface area contributed by atoms with Crippen molar-refractivity contribution in [2.45, 2.75) is 51.5 Å². The minimum absolute atomic E-state index is 0.617. The number of aryl methyl sites for hydroxylation is 1. The summed E-state index contributed by atoms with van der Waals surface area (Å²) in [5, 5.41) is 0. The molecule has 0 atom stereocenters. The fraction of sp³-hybridized carbons (Fsp3) is 0.600. The van der Waals surface area contributed by atoms with Crippen LogP contribution in [-0.2, 0) is 5.88 Å². The Morgan fingerprint density at radius 1 is 1.35 bits per heavy atom. The zero-order valence-corrected chi connectivity index (χ0v) is 11.6. The van der Waals surface area contributed by atoms with E-state index in [0.717, 1.165) is 6.04 Å². The minimum atomic E-state index is 0.617. The molecule has 2 heteroatoms. The van der Waals surface area contributed by atoms with Gasteiger partial charge in [0.2, 0.25) is 0 Å². The van der Waals surface area contributed by atoms with Crippen molar-refractivity contribution in [1.82, 2.24) is 0 Å². The Hall–Kier alpha value is -0.690. The summed E-state index contributed by atoms with van der Waals surface area (Å²) >= 11 is 6.08. The second-order valence-electron chi connectivity index (χ2n) is 5.04. The van der Waals surface area contributed by atoms with Gasteiger partial charge in [-0.15, -0.1) is 11.6 Å². The van der Waals surface area contributed by atoms with Crippen LogP contribution < -0.4 is 4.90 Å². The van der Waals surface area contributed by atoms with Crippen LogP contribution in [0.5, 0.6) is 0 Å². The van der Waals surface area contributed by atoms with E-state index in [4.69, 9.17) is 11.6 Å². The minimum Gasteiger partial charge on any atom is -0.368 e. The lowest BCUT2D eigenvalue weighted by Gasteiger charge is -2.27. The molecule has 1 nitrogen and oxygen atoms in total. The maximum absolute atomic E-state index is 6.08. The SMILES string of the molecule is CCCCN(c1ccc(C)cc1CCl)C1CC1. The van der Waals surface area contributed by atoms with Gasteiger partial charge in [0.05, 0.1) is 0 Å². The fourth-order valence-electron chi connectivity index (χ4n) is 2.32. The van der Waals surface area contributed by atoms with Crippen LogP contribution in [0.2, 0.25) is 0 Å². The van der Waals surface area contributed by atoms with E-state index in [1.54, 1.807) is 0 Å². The molecule has 17 heavy (non-hydrogen) atoms. The highest BCUT2D eigenvalue weighted by Gasteiger charge is 2.29. The second kappa shape index (κ2) is 5.77. The van der Waals surface area contributed by atoms with E-state index in [2.05, 4.69) is 36.9 Å². The third-order valence-corrected chi connectivity index (χ3v) is 3.72. The van der Waals surface area contributed by atoms with Crippen molar-refractivity contribution in [2.24, 2.45) is 0 Å². The van der Waals surface area contributed by atoms with Gasteiger partial charge in [-0.3, -0.25) is 0 Å². The van der Waals surface area contributed by atoms with Crippen LogP contribution in [0.4, 0.5) is 5.69 Å². The number of hydrogen-bond acceptors (Lipinski definition) is 1. The Labute approximate surface area is 110 Å². The Morgan fingerprint density at radius 2 is 2.12 bits per heavy atom. The second-order valence-corrected chi connectivity index (χ2v) is 5.31. The molecule has 1 aliphatic rings. The lowest BCUT2D eigenvalue weighted by Crippen LogP contribution is -2.27. The van der Waals surface area contributed by atoms with Gasteiger partial charge in [0.25, 0.3) is 0 Å². The average Bonchev–Trinajstić information content (AvgIpc) is 3.15. The molecule has 0 bridgehead atoms. The van der Waals surface area contributed by atoms with E-state index in [0.29, 0.717) is 5.88 Å². The Kier molecular flexibility index (Phi) is 4.33. The molecule has 94 valence electrons. The highest BCUT2D eigenvalue weighted by molar-refractivity contribution is 6.17. The lowest BCUT2D eigenvalue weighted by molar-refractivity contribution is 0.711. The predicted octanol–water partition coefficient (Wildman–Crippen LogP) is 4.50. The Balaban J connectivity index is 2.21. The highest BCUT2D eigenvalue weighted by Crippen LogP contribution is 2.34. The normalized spacial score (nSPS) is 15.0. The summed E-state index contributed by atoms with van der Waals surface area (Å²) in [6, 6.07) is 7.45. The zero-order chi connectivity index (χ0) is 12.3. The van der Waals surface area contributed by atoms with Crippen molar-refractivity contribution >= 4 is 17.3 Å². The molecule has 1 aromatic carbocycles. The number of unbranched alkanes of at least 4 members (excludes halogenated alkanes) is 1. The molecular weight excluding hydrogens is 230 g/mol. The summed E-state index contributed by atoms with van der Waals surface area (Å²) in [6.45, 7) is 5.56. The summed E-state index contributed by atoms with van der Waals surface area (Å²) in [5.74, 6) is 0.617. The predicted molar refractivity (Wildman–Crippen MR) is 76.0 cm³/mol. The molecular formula is C15H22ClN. The maximum atomic E-state index is 6.08. The van der Waals surface area contributed by atoms with Crippen LogP contribution in [0, 0.1) is 6.92 Å². The molecule has 0 radical (unpaired) electrons. The van der Waals surface area contributed by atoms with Gasteiger partial charge in [0.15, 0.2) is 0 Å². The molecule has 1 saturated carbocycles. The van der Waals surface area contributed by atoms with Crippen molar-refractivity contribution in [3.05, 3.63) is 29.3 Å². The first-order valence-corrected chi connectivity index (χ1v) is 7.22. The summed E-state index contributed by atoms with van der Waals surface area (Å²) in [5.41, 5.74) is 3.95. The van der Waals surface area contributed by atoms with Crippen molar-refractivity contribution < 1.29 is 0 Å². The fourth-order valence-corrected chi connectivity index (χ4v) is 2.53. The van der Waals surface area contributed by atoms with E-state index in [1.807, 2.05) is 0 Å². The van der Waals surface area contributed by atoms with Crippen LogP contribution in [0.25, 0.3) is 0 Å². The number of anilines is 1.